The first-order valence-corrected chi connectivity index (χ1v) is 10.8. The van der Waals surface area contributed by atoms with E-state index < -0.39 is 22.2 Å². The molecule has 3 nitrogen and oxygen atoms in total. The van der Waals surface area contributed by atoms with Gasteiger partial charge in [0.05, 0.1) is 5.41 Å². The van der Waals surface area contributed by atoms with E-state index in [1.807, 2.05) is 36.5 Å². The van der Waals surface area contributed by atoms with Gasteiger partial charge in [0.25, 0.3) is 0 Å². The van der Waals surface area contributed by atoms with Crippen molar-refractivity contribution < 1.29 is 14.2 Å². The lowest BCUT2D eigenvalue weighted by Crippen LogP contribution is -2.71. The van der Waals surface area contributed by atoms with Crippen molar-refractivity contribution in [1.82, 2.24) is 0 Å². The summed E-state index contributed by atoms with van der Waals surface area (Å²) >= 11 is 0. The topological polar surface area (TPSA) is 27.7 Å². The van der Waals surface area contributed by atoms with E-state index in [-0.39, 0.29) is 19.8 Å². The zero-order chi connectivity index (χ0) is 23.0. The molecule has 0 aromatic heterocycles. The second-order valence-electron chi connectivity index (χ2n) is 8.25. The van der Waals surface area contributed by atoms with Gasteiger partial charge in [0.1, 0.15) is 36.6 Å². The molecule has 3 unspecified atom stereocenters. The maximum Gasteiger partial charge on any atom is 0.108 e. The van der Waals surface area contributed by atoms with Gasteiger partial charge in [-0.1, -0.05) is 97.6 Å². The maximum absolute atomic E-state index is 6.55. The minimum absolute atomic E-state index is 0.142. The van der Waals surface area contributed by atoms with Crippen LogP contribution in [0.5, 0.6) is 0 Å². The molecule has 0 saturated carbocycles. The van der Waals surface area contributed by atoms with Gasteiger partial charge in [-0.05, 0) is 19.3 Å². The summed E-state index contributed by atoms with van der Waals surface area (Å²) in [5.41, 5.74) is -3.35. The van der Waals surface area contributed by atoms with Crippen LogP contribution >= 0.6 is 0 Å². The molecule has 0 fully saturated rings. The lowest BCUT2D eigenvalue weighted by Gasteiger charge is -2.63. The minimum atomic E-state index is -0.845. The lowest BCUT2D eigenvalue weighted by atomic mass is 9.49. The van der Waals surface area contributed by atoms with Crippen molar-refractivity contribution in [3.63, 3.8) is 0 Å². The summed E-state index contributed by atoms with van der Waals surface area (Å²) in [6, 6.07) is 0. The zero-order valence-electron chi connectivity index (χ0n) is 18.6. The average molecular weight is 427 g/mol. The first kappa shape index (κ1) is 23.7. The Hall–Kier alpha value is -3.00. The van der Waals surface area contributed by atoms with E-state index in [1.165, 1.54) is 0 Å². The summed E-state index contributed by atoms with van der Waals surface area (Å²) < 4.78 is 19.6. The molecule has 0 bridgehead atoms. The van der Waals surface area contributed by atoms with Crippen molar-refractivity contribution in [2.45, 2.75) is 43.0 Å². The molecule has 3 rings (SSSR count). The quantitative estimate of drug-likeness (QED) is 0.500. The predicted octanol–water partition coefficient (Wildman–Crippen LogP) is 4.71. The van der Waals surface area contributed by atoms with Gasteiger partial charge in [-0.25, -0.2) is 0 Å². The fourth-order valence-corrected chi connectivity index (χ4v) is 5.25. The molecular formula is C29H30O3. The average Bonchev–Trinajstić information content (AvgIpc) is 2.86. The molecule has 164 valence electrons. The van der Waals surface area contributed by atoms with E-state index in [2.05, 4.69) is 61.1 Å². The molecule has 0 spiro atoms. The molecule has 0 aromatic rings. The van der Waals surface area contributed by atoms with Crippen LogP contribution in [0.2, 0.25) is 0 Å². The molecular weight excluding hydrogens is 396 g/mol. The first-order chi connectivity index (χ1) is 15.6. The molecule has 0 saturated heterocycles. The molecule has 0 heterocycles. The molecule has 0 N–H and O–H groups in total. The van der Waals surface area contributed by atoms with E-state index in [0.717, 1.165) is 0 Å². The van der Waals surface area contributed by atoms with Crippen molar-refractivity contribution >= 4 is 0 Å². The molecule has 32 heavy (non-hydrogen) atoms. The number of terminal acetylenes is 3. The first-order valence-electron chi connectivity index (χ1n) is 10.8. The van der Waals surface area contributed by atoms with E-state index in [1.54, 1.807) is 0 Å². The fraction of sp³-hybridized carbons (Fsp3) is 0.379. The van der Waals surface area contributed by atoms with Crippen molar-refractivity contribution in [1.29, 1.82) is 0 Å². The predicted molar refractivity (Wildman–Crippen MR) is 129 cm³/mol. The normalized spacial score (nSPS) is 32.1. The van der Waals surface area contributed by atoms with Crippen LogP contribution < -0.4 is 0 Å². The number of rotatable bonds is 9. The summed E-state index contributed by atoms with van der Waals surface area (Å²) in [6.45, 7) is 2.57. The standard InChI is InChI=1S/C29H30O3/c1-5-23-30-27(17-11-8-12-18-27)26(4,28(31-24-6-2)19-13-9-14-20-28)29(32-25-7-3)21-15-10-16-22-29/h1-3,8-17,19,21H,18,20,22-25H2,4H3. The van der Waals surface area contributed by atoms with Crippen LogP contribution in [0.3, 0.4) is 0 Å². The van der Waals surface area contributed by atoms with Gasteiger partial charge in [-0.3, -0.25) is 0 Å². The molecule has 3 aliphatic carbocycles. The zero-order valence-corrected chi connectivity index (χ0v) is 18.6. The second-order valence-corrected chi connectivity index (χ2v) is 8.25. The monoisotopic (exact) mass is 426 g/mol. The summed E-state index contributed by atoms with van der Waals surface area (Å²) in [5, 5.41) is 0. The molecule has 3 atom stereocenters. The van der Waals surface area contributed by atoms with Crippen LogP contribution in [-0.2, 0) is 14.2 Å². The Morgan fingerprint density at radius 2 is 0.938 bits per heavy atom. The van der Waals surface area contributed by atoms with Gasteiger partial charge < -0.3 is 14.2 Å². The van der Waals surface area contributed by atoms with Crippen LogP contribution in [0.4, 0.5) is 0 Å². The van der Waals surface area contributed by atoms with Gasteiger partial charge in [-0.15, -0.1) is 19.3 Å². The van der Waals surface area contributed by atoms with Crippen molar-refractivity contribution in [2.75, 3.05) is 19.8 Å². The van der Waals surface area contributed by atoms with Gasteiger partial charge in [-0.2, -0.15) is 0 Å². The van der Waals surface area contributed by atoms with Crippen molar-refractivity contribution in [3.8, 4) is 37.0 Å². The van der Waals surface area contributed by atoms with E-state index in [0.29, 0.717) is 19.3 Å². The number of allylic oxidation sites excluding steroid dienone is 6. The van der Waals surface area contributed by atoms with Gasteiger partial charge in [0, 0.05) is 0 Å². The highest BCUT2D eigenvalue weighted by Gasteiger charge is 2.69. The van der Waals surface area contributed by atoms with Crippen molar-refractivity contribution in [2.24, 2.45) is 5.41 Å². The Labute approximate surface area is 192 Å². The third kappa shape index (κ3) is 3.83. The summed E-state index contributed by atoms with van der Waals surface area (Å²) in [6.07, 6.45) is 43.2. The Morgan fingerprint density at radius 3 is 1.16 bits per heavy atom. The van der Waals surface area contributed by atoms with Gasteiger partial charge >= 0.3 is 0 Å². The van der Waals surface area contributed by atoms with E-state index in [4.69, 9.17) is 33.5 Å². The second kappa shape index (κ2) is 10.1. The molecule has 3 aliphatic rings. The van der Waals surface area contributed by atoms with E-state index >= 15 is 0 Å². The fourth-order valence-electron chi connectivity index (χ4n) is 5.25. The van der Waals surface area contributed by atoms with Crippen molar-refractivity contribution in [3.05, 3.63) is 72.9 Å². The Bertz CT molecular complexity index is 861. The number of ether oxygens (including phenoxy) is 3. The Balaban J connectivity index is 2.33. The summed E-state index contributed by atoms with van der Waals surface area (Å²) in [7, 11) is 0. The number of hydrogen-bond acceptors (Lipinski definition) is 3. The molecule has 3 heteroatoms. The highest BCUT2D eigenvalue weighted by molar-refractivity contribution is 5.40. The molecule has 0 aliphatic heterocycles. The third-order valence-corrected chi connectivity index (χ3v) is 6.88. The number of hydrogen-bond donors (Lipinski definition) is 0. The molecule has 0 amide bonds. The lowest BCUT2D eigenvalue weighted by molar-refractivity contribution is -0.256. The molecule has 0 radical (unpaired) electrons. The van der Waals surface area contributed by atoms with Crippen LogP contribution in [0.25, 0.3) is 0 Å². The van der Waals surface area contributed by atoms with Crippen LogP contribution in [0, 0.1) is 42.4 Å². The summed E-state index contributed by atoms with van der Waals surface area (Å²) in [4.78, 5) is 0. The highest BCUT2D eigenvalue weighted by atomic mass is 16.5. The summed E-state index contributed by atoms with van der Waals surface area (Å²) in [5.74, 6) is 7.92. The largest absolute Gasteiger partial charge is 0.357 e. The third-order valence-electron chi connectivity index (χ3n) is 6.88. The Morgan fingerprint density at radius 1 is 0.625 bits per heavy atom. The Kier molecular flexibility index (Phi) is 7.45. The molecule has 0 aromatic carbocycles. The SMILES string of the molecule is C#CCOC1(C(C)(C2(OCC#C)C=CC=CC2)C2(OCC#C)C=CC=CC2)C=CC=CC1. The van der Waals surface area contributed by atoms with Crippen LogP contribution in [0.15, 0.2) is 72.9 Å². The van der Waals surface area contributed by atoms with E-state index in [9.17, 15) is 0 Å². The smallest absolute Gasteiger partial charge is 0.108 e. The minimum Gasteiger partial charge on any atom is -0.357 e. The van der Waals surface area contributed by atoms with Gasteiger partial charge in [0.2, 0.25) is 0 Å². The van der Waals surface area contributed by atoms with Gasteiger partial charge in [0.15, 0.2) is 0 Å². The highest BCUT2D eigenvalue weighted by Crippen LogP contribution is 2.61. The van der Waals surface area contributed by atoms with Crippen LogP contribution in [-0.4, -0.2) is 36.6 Å². The van der Waals surface area contributed by atoms with Crippen LogP contribution in [0.1, 0.15) is 26.2 Å². The maximum atomic E-state index is 6.55.